The molecule has 5 aromatic rings. The number of para-hydroxylation sites is 4. The van der Waals surface area contributed by atoms with Gasteiger partial charge in [0, 0.05) is 18.2 Å². The summed E-state index contributed by atoms with van der Waals surface area (Å²) in [5.74, 6) is 0.713. The molecule has 0 unspecified atom stereocenters. The standard InChI is InChI=1S/C30H26N4O/c31-25-10-4-5-11-26(25)32-29(35)19-16-23-14-17-24(18-15-23)30-33-27-12-6-7-13-28(27)34(30)21-20-22-8-2-1-3-9-22/h1-19H,20-21,31H2,(H,32,35)/b19-16-. The van der Waals surface area contributed by atoms with Crippen LogP contribution in [0.25, 0.3) is 28.5 Å². The predicted octanol–water partition coefficient (Wildman–Crippen LogP) is 6.18. The number of anilines is 2. The van der Waals surface area contributed by atoms with E-state index in [4.69, 9.17) is 10.7 Å². The van der Waals surface area contributed by atoms with Crippen molar-refractivity contribution < 1.29 is 4.79 Å². The molecule has 0 aliphatic carbocycles. The van der Waals surface area contributed by atoms with Crippen LogP contribution in [0, 0.1) is 0 Å². The van der Waals surface area contributed by atoms with Crippen molar-refractivity contribution in [3.8, 4) is 11.4 Å². The number of fused-ring (bicyclic) bond motifs is 1. The molecule has 5 nitrogen and oxygen atoms in total. The highest BCUT2D eigenvalue weighted by atomic mass is 16.1. The van der Waals surface area contributed by atoms with Crippen LogP contribution < -0.4 is 11.1 Å². The quantitative estimate of drug-likeness (QED) is 0.226. The van der Waals surface area contributed by atoms with Crippen molar-refractivity contribution >= 4 is 34.4 Å². The Kier molecular flexibility index (Phi) is 6.39. The fourth-order valence-electron chi connectivity index (χ4n) is 4.11. The third-order valence-electron chi connectivity index (χ3n) is 5.94. The number of benzene rings is 4. The van der Waals surface area contributed by atoms with Crippen LogP contribution in [0.1, 0.15) is 11.1 Å². The Labute approximate surface area is 204 Å². The molecule has 35 heavy (non-hydrogen) atoms. The van der Waals surface area contributed by atoms with Crippen LogP contribution in [0.3, 0.4) is 0 Å². The van der Waals surface area contributed by atoms with Gasteiger partial charge in [0.2, 0.25) is 5.91 Å². The van der Waals surface area contributed by atoms with Crippen LogP contribution >= 0.6 is 0 Å². The first-order valence-corrected chi connectivity index (χ1v) is 11.6. The van der Waals surface area contributed by atoms with E-state index in [1.54, 1.807) is 18.2 Å². The van der Waals surface area contributed by atoms with Crippen molar-refractivity contribution in [1.29, 1.82) is 0 Å². The Balaban J connectivity index is 1.35. The highest BCUT2D eigenvalue weighted by Crippen LogP contribution is 2.26. The van der Waals surface area contributed by atoms with Gasteiger partial charge in [0.05, 0.1) is 22.4 Å². The molecule has 3 N–H and O–H groups in total. The van der Waals surface area contributed by atoms with Crippen LogP contribution in [-0.4, -0.2) is 15.5 Å². The highest BCUT2D eigenvalue weighted by Gasteiger charge is 2.12. The Bertz CT molecular complexity index is 1480. The van der Waals surface area contributed by atoms with Crippen molar-refractivity contribution in [3.05, 3.63) is 120 Å². The molecule has 172 valence electrons. The van der Waals surface area contributed by atoms with Crippen molar-refractivity contribution in [2.45, 2.75) is 13.0 Å². The number of imidazole rings is 1. The Morgan fingerprint density at radius 2 is 1.57 bits per heavy atom. The lowest BCUT2D eigenvalue weighted by Crippen LogP contribution is -2.09. The van der Waals surface area contributed by atoms with E-state index in [2.05, 4.69) is 46.3 Å². The van der Waals surface area contributed by atoms with Crippen LogP contribution in [-0.2, 0) is 17.8 Å². The highest BCUT2D eigenvalue weighted by molar-refractivity contribution is 6.03. The van der Waals surface area contributed by atoms with E-state index >= 15 is 0 Å². The van der Waals surface area contributed by atoms with Gasteiger partial charge in [0.25, 0.3) is 0 Å². The second-order valence-corrected chi connectivity index (χ2v) is 8.34. The third kappa shape index (κ3) is 5.14. The summed E-state index contributed by atoms with van der Waals surface area (Å²) in [5, 5.41) is 2.80. The van der Waals surface area contributed by atoms with E-state index in [0.29, 0.717) is 11.4 Å². The number of carbonyl (C=O) groups is 1. The smallest absolute Gasteiger partial charge is 0.248 e. The maximum absolute atomic E-state index is 12.3. The fourth-order valence-corrected chi connectivity index (χ4v) is 4.11. The molecule has 5 rings (SSSR count). The molecule has 0 bridgehead atoms. The first-order chi connectivity index (χ1) is 17.2. The molecule has 0 radical (unpaired) electrons. The number of nitrogens with one attached hydrogen (secondary N) is 1. The van der Waals surface area contributed by atoms with Gasteiger partial charge in [-0.15, -0.1) is 0 Å². The predicted molar refractivity (Wildman–Crippen MR) is 144 cm³/mol. The summed E-state index contributed by atoms with van der Waals surface area (Å²) in [5.41, 5.74) is 12.4. The van der Waals surface area contributed by atoms with Gasteiger partial charge < -0.3 is 15.6 Å². The summed E-state index contributed by atoms with van der Waals surface area (Å²) in [6.07, 6.45) is 4.23. The first kappa shape index (κ1) is 22.2. The fraction of sp³-hybridized carbons (Fsp3) is 0.0667. The van der Waals surface area contributed by atoms with Crippen LogP contribution in [0.15, 0.2) is 109 Å². The van der Waals surface area contributed by atoms with Gasteiger partial charge in [-0.3, -0.25) is 4.79 Å². The van der Waals surface area contributed by atoms with E-state index in [1.165, 1.54) is 11.6 Å². The second-order valence-electron chi connectivity index (χ2n) is 8.34. The molecule has 5 heteroatoms. The van der Waals surface area contributed by atoms with Gasteiger partial charge in [0.1, 0.15) is 5.82 Å². The second kappa shape index (κ2) is 10.1. The van der Waals surface area contributed by atoms with Crippen molar-refractivity contribution in [1.82, 2.24) is 9.55 Å². The molecule has 0 saturated heterocycles. The van der Waals surface area contributed by atoms with E-state index in [0.717, 1.165) is 41.0 Å². The minimum absolute atomic E-state index is 0.227. The maximum atomic E-state index is 12.3. The molecule has 1 amide bonds. The van der Waals surface area contributed by atoms with Gasteiger partial charge >= 0.3 is 0 Å². The minimum atomic E-state index is -0.227. The number of amides is 1. The van der Waals surface area contributed by atoms with E-state index in [-0.39, 0.29) is 5.91 Å². The Morgan fingerprint density at radius 3 is 2.37 bits per heavy atom. The summed E-state index contributed by atoms with van der Waals surface area (Å²) in [4.78, 5) is 17.2. The van der Waals surface area contributed by atoms with Gasteiger partial charge in [-0.05, 0) is 47.9 Å². The molecule has 0 aliphatic heterocycles. The van der Waals surface area contributed by atoms with Gasteiger partial charge in [-0.1, -0.05) is 78.9 Å². The number of carbonyl (C=O) groups excluding carboxylic acids is 1. The lowest BCUT2D eigenvalue weighted by molar-refractivity contribution is -0.111. The van der Waals surface area contributed by atoms with Crippen LogP contribution in [0.5, 0.6) is 0 Å². The molecule has 0 atom stereocenters. The Morgan fingerprint density at radius 1 is 0.857 bits per heavy atom. The number of rotatable bonds is 7. The third-order valence-corrected chi connectivity index (χ3v) is 5.94. The number of hydrogen-bond acceptors (Lipinski definition) is 3. The van der Waals surface area contributed by atoms with E-state index in [9.17, 15) is 4.79 Å². The van der Waals surface area contributed by atoms with Gasteiger partial charge in [-0.2, -0.15) is 0 Å². The molecule has 1 aromatic heterocycles. The summed E-state index contributed by atoms with van der Waals surface area (Å²) in [6, 6.07) is 34.0. The minimum Gasteiger partial charge on any atom is -0.397 e. The van der Waals surface area contributed by atoms with Gasteiger partial charge in [0.15, 0.2) is 0 Å². The normalized spacial score (nSPS) is 11.2. The zero-order chi connectivity index (χ0) is 24.0. The number of nitrogens with zero attached hydrogens (tertiary/aromatic N) is 2. The molecule has 0 fully saturated rings. The lowest BCUT2D eigenvalue weighted by Gasteiger charge is -2.10. The molecular weight excluding hydrogens is 432 g/mol. The Hall–Kier alpha value is -4.64. The monoisotopic (exact) mass is 458 g/mol. The lowest BCUT2D eigenvalue weighted by atomic mass is 10.1. The molecule has 0 aliphatic rings. The number of aromatic nitrogens is 2. The topological polar surface area (TPSA) is 72.9 Å². The maximum Gasteiger partial charge on any atom is 0.248 e. The molecular formula is C30H26N4O. The molecule has 0 spiro atoms. The van der Waals surface area contributed by atoms with Gasteiger partial charge in [-0.25, -0.2) is 4.98 Å². The van der Waals surface area contributed by atoms with Crippen LogP contribution in [0.2, 0.25) is 0 Å². The van der Waals surface area contributed by atoms with Crippen LogP contribution in [0.4, 0.5) is 11.4 Å². The first-order valence-electron chi connectivity index (χ1n) is 11.6. The largest absolute Gasteiger partial charge is 0.397 e. The molecule has 1 heterocycles. The summed E-state index contributed by atoms with van der Waals surface area (Å²) < 4.78 is 2.28. The average Bonchev–Trinajstić information content (AvgIpc) is 3.27. The van der Waals surface area contributed by atoms with E-state index < -0.39 is 0 Å². The SMILES string of the molecule is Nc1ccccc1NC(=O)/C=C\c1ccc(-c2nc3ccccc3n2CCc2ccccc2)cc1. The molecule has 4 aromatic carbocycles. The summed E-state index contributed by atoms with van der Waals surface area (Å²) in [6.45, 7) is 0.838. The summed E-state index contributed by atoms with van der Waals surface area (Å²) >= 11 is 0. The van der Waals surface area contributed by atoms with Crippen molar-refractivity contribution in [3.63, 3.8) is 0 Å². The number of aryl methyl sites for hydroxylation is 2. The average molecular weight is 459 g/mol. The van der Waals surface area contributed by atoms with Crippen molar-refractivity contribution in [2.75, 3.05) is 11.1 Å². The number of hydrogen-bond donors (Lipinski definition) is 2. The number of nitrogen functional groups attached to an aromatic ring is 1. The summed E-state index contributed by atoms with van der Waals surface area (Å²) in [7, 11) is 0. The number of nitrogens with two attached hydrogens (primary N) is 1. The van der Waals surface area contributed by atoms with E-state index in [1.807, 2.05) is 54.6 Å². The molecule has 0 saturated carbocycles. The zero-order valence-electron chi connectivity index (χ0n) is 19.3. The zero-order valence-corrected chi connectivity index (χ0v) is 19.3. The van der Waals surface area contributed by atoms with Crippen molar-refractivity contribution in [2.24, 2.45) is 0 Å².